The van der Waals surface area contributed by atoms with Crippen molar-refractivity contribution < 1.29 is 22.4 Å². The van der Waals surface area contributed by atoms with Crippen LogP contribution in [-0.4, -0.2) is 28.9 Å². The molecule has 0 bridgehead atoms. The summed E-state index contributed by atoms with van der Waals surface area (Å²) in [4.78, 5) is 16.8. The Labute approximate surface area is 169 Å². The van der Waals surface area contributed by atoms with Gasteiger partial charge in [0, 0.05) is 34.9 Å². The Bertz CT molecular complexity index is 1220. The summed E-state index contributed by atoms with van der Waals surface area (Å²) in [6, 6.07) is 4.27. The highest BCUT2D eigenvalue weighted by Crippen LogP contribution is 2.39. The minimum absolute atomic E-state index is 0.0993. The molecule has 1 amide bonds. The topological polar surface area (TPSA) is 62.1 Å². The van der Waals surface area contributed by atoms with Crippen LogP contribution in [0, 0.1) is 5.82 Å². The zero-order valence-corrected chi connectivity index (χ0v) is 16.1. The van der Waals surface area contributed by atoms with Crippen LogP contribution in [0.4, 0.5) is 17.6 Å². The number of hydrogen-bond donors (Lipinski definition) is 2. The Morgan fingerprint density at radius 3 is 2.70 bits per heavy atom. The van der Waals surface area contributed by atoms with Crippen LogP contribution >= 0.6 is 0 Å². The smallest absolute Gasteiger partial charge is 0.373 e. The molecule has 30 heavy (non-hydrogen) atoms. The summed E-state index contributed by atoms with van der Waals surface area (Å²) < 4.78 is 54.7. The largest absolute Gasteiger partial charge is 0.416 e. The van der Waals surface area contributed by atoms with E-state index in [0.29, 0.717) is 29.3 Å². The number of alkyl halides is 3. The SMILES string of the molecule is CC=CN1CCC=C(c2c(F)cc(C(N)=O)c3[nH]c4cc(C(F)(F)F)ccc4c23)C1. The third-order valence-electron chi connectivity index (χ3n) is 5.28. The van der Waals surface area contributed by atoms with E-state index < -0.39 is 23.5 Å². The number of rotatable bonds is 3. The average molecular weight is 417 g/mol. The molecule has 4 nitrogen and oxygen atoms in total. The molecule has 0 fully saturated rings. The maximum Gasteiger partial charge on any atom is 0.416 e. The van der Waals surface area contributed by atoms with E-state index in [4.69, 9.17) is 5.73 Å². The van der Waals surface area contributed by atoms with Crippen molar-refractivity contribution in [3.05, 3.63) is 65.1 Å². The molecule has 3 N–H and O–H groups in total. The molecule has 0 spiro atoms. The predicted molar refractivity (Wildman–Crippen MR) is 108 cm³/mol. The summed E-state index contributed by atoms with van der Waals surface area (Å²) in [7, 11) is 0. The molecular weight excluding hydrogens is 398 g/mol. The Morgan fingerprint density at radius 2 is 2.03 bits per heavy atom. The zero-order valence-electron chi connectivity index (χ0n) is 16.1. The summed E-state index contributed by atoms with van der Waals surface area (Å²) in [6.45, 7) is 3.11. The number of nitrogens with one attached hydrogen (secondary N) is 1. The molecule has 0 saturated heterocycles. The lowest BCUT2D eigenvalue weighted by atomic mass is 9.93. The lowest BCUT2D eigenvalue weighted by molar-refractivity contribution is -0.137. The molecule has 0 aliphatic carbocycles. The minimum Gasteiger partial charge on any atom is -0.373 e. The monoisotopic (exact) mass is 417 g/mol. The van der Waals surface area contributed by atoms with Gasteiger partial charge in [-0.3, -0.25) is 4.79 Å². The van der Waals surface area contributed by atoms with Crippen LogP contribution in [0.1, 0.15) is 34.8 Å². The first-order chi connectivity index (χ1) is 14.2. The van der Waals surface area contributed by atoms with Crippen molar-refractivity contribution in [3.8, 4) is 0 Å². The lowest BCUT2D eigenvalue weighted by Crippen LogP contribution is -2.24. The Morgan fingerprint density at radius 1 is 1.27 bits per heavy atom. The fourth-order valence-electron chi connectivity index (χ4n) is 4.02. The molecule has 2 aromatic carbocycles. The Balaban J connectivity index is 2.03. The number of primary amides is 1. The number of amides is 1. The van der Waals surface area contributed by atoms with E-state index >= 15 is 4.39 Å². The number of hydrogen-bond acceptors (Lipinski definition) is 2. The molecule has 1 aromatic heterocycles. The predicted octanol–water partition coefficient (Wildman–Crippen LogP) is 5.20. The standard InChI is InChI=1S/C22H19F4N3O/c1-2-7-29-8-3-4-12(11-29)18-16(23)10-15(21(27)30)20-19(18)14-6-5-13(22(24,25)26)9-17(14)28-20/h2,4-7,9-10,28H,3,8,11H2,1H3,(H2,27,30). The zero-order chi connectivity index (χ0) is 21.6. The molecule has 4 rings (SSSR count). The fraction of sp³-hybridized carbons (Fsp3) is 0.227. The first kappa shape index (κ1) is 20.0. The molecule has 0 radical (unpaired) electrons. The highest BCUT2D eigenvalue weighted by molar-refractivity contribution is 6.18. The second-order valence-corrected chi connectivity index (χ2v) is 7.25. The third-order valence-corrected chi connectivity index (χ3v) is 5.28. The van der Waals surface area contributed by atoms with Crippen LogP contribution in [0.25, 0.3) is 27.4 Å². The average Bonchev–Trinajstić information content (AvgIpc) is 3.05. The molecule has 0 atom stereocenters. The summed E-state index contributed by atoms with van der Waals surface area (Å²) in [6.07, 6.45) is 1.88. The molecule has 0 saturated carbocycles. The Hall–Kier alpha value is -3.29. The first-order valence-corrected chi connectivity index (χ1v) is 9.42. The molecule has 8 heteroatoms. The van der Waals surface area contributed by atoms with Crippen molar-refractivity contribution in [1.82, 2.24) is 9.88 Å². The van der Waals surface area contributed by atoms with E-state index in [2.05, 4.69) is 4.98 Å². The number of nitrogens with zero attached hydrogens (tertiary/aromatic N) is 1. The van der Waals surface area contributed by atoms with Crippen LogP contribution in [0.2, 0.25) is 0 Å². The second kappa shape index (κ2) is 7.19. The number of aromatic amines is 1. The number of H-pyrrole nitrogens is 1. The number of carbonyl (C=O) groups excluding carboxylic acids is 1. The number of halogens is 4. The second-order valence-electron chi connectivity index (χ2n) is 7.25. The van der Waals surface area contributed by atoms with Gasteiger partial charge in [-0.05, 0) is 43.3 Å². The van der Waals surface area contributed by atoms with Crippen molar-refractivity contribution >= 4 is 33.3 Å². The van der Waals surface area contributed by atoms with Gasteiger partial charge in [0.05, 0.1) is 16.6 Å². The number of fused-ring (bicyclic) bond motifs is 3. The van der Waals surface area contributed by atoms with Gasteiger partial charge in [-0.15, -0.1) is 0 Å². The minimum atomic E-state index is -4.52. The van der Waals surface area contributed by atoms with E-state index in [-0.39, 0.29) is 22.2 Å². The van der Waals surface area contributed by atoms with Gasteiger partial charge in [-0.25, -0.2) is 4.39 Å². The van der Waals surface area contributed by atoms with Gasteiger partial charge in [0.1, 0.15) is 5.82 Å². The molecule has 0 unspecified atom stereocenters. The maximum absolute atomic E-state index is 15.2. The van der Waals surface area contributed by atoms with Crippen molar-refractivity contribution in [2.24, 2.45) is 5.73 Å². The van der Waals surface area contributed by atoms with Gasteiger partial charge in [0.15, 0.2) is 0 Å². The van der Waals surface area contributed by atoms with E-state index in [1.54, 1.807) is 0 Å². The highest BCUT2D eigenvalue weighted by atomic mass is 19.4. The van der Waals surface area contributed by atoms with Crippen molar-refractivity contribution in [3.63, 3.8) is 0 Å². The van der Waals surface area contributed by atoms with Gasteiger partial charge in [-0.2, -0.15) is 13.2 Å². The van der Waals surface area contributed by atoms with E-state index in [0.717, 1.165) is 24.7 Å². The van der Waals surface area contributed by atoms with Gasteiger partial charge < -0.3 is 15.6 Å². The van der Waals surface area contributed by atoms with Gasteiger partial charge in [0.2, 0.25) is 0 Å². The van der Waals surface area contributed by atoms with Crippen LogP contribution in [-0.2, 0) is 6.18 Å². The molecule has 1 aliphatic heterocycles. The fourth-order valence-corrected chi connectivity index (χ4v) is 4.02. The number of allylic oxidation sites excluding steroid dienone is 1. The highest BCUT2D eigenvalue weighted by Gasteiger charge is 2.31. The van der Waals surface area contributed by atoms with Gasteiger partial charge in [0.25, 0.3) is 5.91 Å². The number of aromatic nitrogens is 1. The lowest BCUT2D eigenvalue weighted by Gasteiger charge is -2.27. The molecular formula is C22H19F4N3O. The number of benzene rings is 2. The van der Waals surface area contributed by atoms with E-state index in [1.165, 1.54) is 6.07 Å². The summed E-state index contributed by atoms with van der Waals surface area (Å²) in [5.74, 6) is -1.49. The van der Waals surface area contributed by atoms with Crippen molar-refractivity contribution in [2.45, 2.75) is 19.5 Å². The summed E-state index contributed by atoms with van der Waals surface area (Å²) in [5, 5.41) is 0.764. The van der Waals surface area contributed by atoms with Gasteiger partial charge in [-0.1, -0.05) is 18.2 Å². The van der Waals surface area contributed by atoms with E-state index in [9.17, 15) is 18.0 Å². The number of carbonyl (C=O) groups is 1. The normalized spacial score (nSPS) is 15.4. The Kier molecular flexibility index (Phi) is 4.80. The molecule has 156 valence electrons. The van der Waals surface area contributed by atoms with Crippen molar-refractivity contribution in [2.75, 3.05) is 13.1 Å². The van der Waals surface area contributed by atoms with Crippen molar-refractivity contribution in [1.29, 1.82) is 0 Å². The van der Waals surface area contributed by atoms with Crippen LogP contribution < -0.4 is 5.73 Å². The molecule has 1 aliphatic rings. The van der Waals surface area contributed by atoms with Crippen LogP contribution in [0.3, 0.4) is 0 Å². The first-order valence-electron chi connectivity index (χ1n) is 9.42. The third kappa shape index (κ3) is 3.32. The quantitative estimate of drug-likeness (QED) is 0.576. The van der Waals surface area contributed by atoms with Crippen LogP contribution in [0.15, 0.2) is 42.6 Å². The van der Waals surface area contributed by atoms with Gasteiger partial charge >= 0.3 is 6.18 Å². The molecule has 2 heterocycles. The van der Waals surface area contributed by atoms with E-state index in [1.807, 2.05) is 30.2 Å². The number of nitrogens with two attached hydrogens (primary N) is 1. The van der Waals surface area contributed by atoms with Crippen LogP contribution in [0.5, 0.6) is 0 Å². The maximum atomic E-state index is 15.2. The summed E-state index contributed by atoms with van der Waals surface area (Å²) >= 11 is 0. The molecule has 3 aromatic rings. The summed E-state index contributed by atoms with van der Waals surface area (Å²) in [5.41, 5.74) is 5.87.